The fourth-order valence-electron chi connectivity index (χ4n) is 5.58. The molecule has 3 nitrogen and oxygen atoms in total. The molecule has 1 aliphatic heterocycles. The van der Waals surface area contributed by atoms with E-state index < -0.39 is 40.3 Å². The van der Waals surface area contributed by atoms with Crippen LogP contribution in [0.2, 0.25) is 0 Å². The minimum atomic E-state index is -5.04. The number of likely N-dealkylation sites (tertiary alicyclic amines) is 1. The number of aryl methyl sites for hydroxylation is 1. The Hall–Kier alpha value is -2.16. The van der Waals surface area contributed by atoms with Crippen molar-refractivity contribution in [2.24, 2.45) is 0 Å². The van der Waals surface area contributed by atoms with Crippen LogP contribution in [0.3, 0.4) is 0 Å². The lowest BCUT2D eigenvalue weighted by atomic mass is 9.63. The molecule has 2 aromatic carbocycles. The zero-order valence-electron chi connectivity index (χ0n) is 20.6. The topological polar surface area (TPSA) is 29.5 Å². The van der Waals surface area contributed by atoms with Gasteiger partial charge in [0.2, 0.25) is 5.67 Å². The highest BCUT2D eigenvalue weighted by Gasteiger charge is 2.56. The zero-order chi connectivity index (χ0) is 26.7. The van der Waals surface area contributed by atoms with Gasteiger partial charge in [0.05, 0.1) is 4.47 Å². The highest BCUT2D eigenvalue weighted by Crippen LogP contribution is 2.51. The van der Waals surface area contributed by atoms with Crippen LogP contribution in [0.4, 0.5) is 26.7 Å². The highest BCUT2D eigenvalue weighted by molar-refractivity contribution is 9.10. The maximum atomic E-state index is 14.8. The summed E-state index contributed by atoms with van der Waals surface area (Å²) in [6.45, 7) is 6.31. The van der Waals surface area contributed by atoms with Crippen LogP contribution < -0.4 is 0 Å². The molecule has 3 unspecified atom stereocenters. The third-order valence-electron chi connectivity index (χ3n) is 7.35. The molecule has 0 aromatic heterocycles. The van der Waals surface area contributed by atoms with E-state index in [1.165, 1.54) is 18.2 Å². The zero-order valence-corrected chi connectivity index (χ0v) is 22.2. The largest absolute Gasteiger partial charge is 0.444 e. The normalized spacial score (nSPS) is 23.6. The van der Waals surface area contributed by atoms with E-state index in [0.717, 1.165) is 11.1 Å². The van der Waals surface area contributed by atoms with Gasteiger partial charge in [-0.3, -0.25) is 0 Å². The monoisotopic (exact) mass is 573 g/mol. The minimum Gasteiger partial charge on any atom is -0.444 e. The summed E-state index contributed by atoms with van der Waals surface area (Å²) < 4.78 is 74.9. The molecule has 4 rings (SSSR count). The second kappa shape index (κ2) is 8.99. The second-order valence-corrected chi connectivity index (χ2v) is 11.8. The third-order valence-corrected chi connectivity index (χ3v) is 7.96. The minimum absolute atomic E-state index is 0.270. The Morgan fingerprint density at radius 1 is 1.11 bits per heavy atom. The Labute approximate surface area is 216 Å². The Morgan fingerprint density at radius 3 is 2.42 bits per heavy atom. The molecule has 1 amide bonds. The van der Waals surface area contributed by atoms with Crippen molar-refractivity contribution >= 4 is 22.0 Å². The van der Waals surface area contributed by atoms with Crippen molar-refractivity contribution in [2.75, 3.05) is 6.54 Å². The number of benzene rings is 2. The van der Waals surface area contributed by atoms with Crippen LogP contribution in [-0.4, -0.2) is 35.4 Å². The number of ether oxygens (including phenoxy) is 1. The summed E-state index contributed by atoms with van der Waals surface area (Å²) in [6.07, 6.45) is -3.61. The summed E-state index contributed by atoms with van der Waals surface area (Å²) >= 11 is 3.22. The van der Waals surface area contributed by atoms with Gasteiger partial charge >= 0.3 is 12.3 Å². The molecule has 3 atom stereocenters. The van der Waals surface area contributed by atoms with Gasteiger partial charge in [-0.05, 0) is 104 Å². The quantitative estimate of drug-likeness (QED) is 0.351. The molecule has 1 aliphatic carbocycles. The first-order chi connectivity index (χ1) is 16.5. The van der Waals surface area contributed by atoms with Crippen molar-refractivity contribution in [2.45, 2.75) is 82.3 Å². The third kappa shape index (κ3) is 4.75. The molecule has 36 heavy (non-hydrogen) atoms. The first-order valence-electron chi connectivity index (χ1n) is 11.9. The second-order valence-electron chi connectivity index (χ2n) is 10.9. The molecule has 0 saturated carbocycles. The van der Waals surface area contributed by atoms with Crippen molar-refractivity contribution in [3.05, 3.63) is 68.9 Å². The molecule has 1 heterocycles. The number of hydrogen-bond donors (Lipinski definition) is 0. The van der Waals surface area contributed by atoms with Gasteiger partial charge in [-0.2, -0.15) is 13.2 Å². The molecule has 0 spiro atoms. The molecule has 0 N–H and O–H groups in total. The van der Waals surface area contributed by atoms with Gasteiger partial charge < -0.3 is 9.64 Å². The fraction of sp³-hybridized carbons (Fsp3) is 0.519. The summed E-state index contributed by atoms with van der Waals surface area (Å²) in [6, 6.07) is 8.54. The Balaban J connectivity index is 1.80. The van der Waals surface area contributed by atoms with Crippen molar-refractivity contribution in [3.8, 4) is 0 Å². The van der Waals surface area contributed by atoms with E-state index in [1.54, 1.807) is 43.9 Å². The van der Waals surface area contributed by atoms with Crippen molar-refractivity contribution in [1.82, 2.24) is 4.90 Å². The first kappa shape index (κ1) is 26.9. The number of carbonyl (C=O) groups excluding carboxylic acids is 1. The number of fused-ring (bicyclic) bond motifs is 3. The van der Waals surface area contributed by atoms with Crippen molar-refractivity contribution in [3.63, 3.8) is 0 Å². The molecule has 2 aromatic rings. The van der Waals surface area contributed by atoms with Crippen LogP contribution in [0.1, 0.15) is 62.8 Å². The fourth-order valence-corrected chi connectivity index (χ4v) is 6.00. The summed E-state index contributed by atoms with van der Waals surface area (Å²) in [4.78, 5) is 14.8. The Kier molecular flexibility index (Phi) is 6.72. The number of carbonyl (C=O) groups is 1. The van der Waals surface area contributed by atoms with Crippen LogP contribution in [0.5, 0.6) is 0 Å². The number of rotatable bonds is 3. The summed E-state index contributed by atoms with van der Waals surface area (Å²) in [5.41, 5.74) is -2.97. The van der Waals surface area contributed by atoms with E-state index in [4.69, 9.17) is 4.74 Å². The SMILES string of the molecule is CC(C)(C)OC(=O)N1CCC2(Cc3ccc(F)c(Br)c3)c3ccc(C(C)(F)C(F)(F)F)cc3CCC12. The molecular formula is C27H29BrF5NO2. The van der Waals surface area contributed by atoms with Crippen LogP contribution in [-0.2, 0) is 28.7 Å². The predicted molar refractivity (Wildman–Crippen MR) is 130 cm³/mol. The van der Waals surface area contributed by atoms with Gasteiger partial charge in [-0.15, -0.1) is 0 Å². The van der Waals surface area contributed by atoms with Gasteiger partial charge in [0.15, 0.2) is 0 Å². The number of amides is 1. The van der Waals surface area contributed by atoms with Gasteiger partial charge in [0.25, 0.3) is 0 Å². The average molecular weight is 574 g/mol. The van der Waals surface area contributed by atoms with Gasteiger partial charge in [-0.25, -0.2) is 13.6 Å². The Morgan fingerprint density at radius 2 is 1.81 bits per heavy atom. The molecule has 1 fully saturated rings. The molecule has 2 aliphatic rings. The molecular weight excluding hydrogens is 545 g/mol. The number of alkyl halides is 4. The first-order valence-corrected chi connectivity index (χ1v) is 12.7. The molecule has 196 valence electrons. The molecule has 0 radical (unpaired) electrons. The van der Waals surface area contributed by atoms with Crippen molar-refractivity contribution < 1.29 is 31.5 Å². The molecule has 0 bridgehead atoms. The van der Waals surface area contributed by atoms with E-state index in [-0.39, 0.29) is 6.04 Å². The smallest absolute Gasteiger partial charge is 0.426 e. The lowest BCUT2D eigenvalue weighted by Crippen LogP contribution is -2.50. The number of hydrogen-bond acceptors (Lipinski definition) is 2. The Bertz CT molecular complexity index is 1170. The van der Waals surface area contributed by atoms with Crippen molar-refractivity contribution in [1.29, 1.82) is 0 Å². The molecule has 9 heteroatoms. The lowest BCUT2D eigenvalue weighted by molar-refractivity contribution is -0.228. The van der Waals surface area contributed by atoms with E-state index in [0.29, 0.717) is 49.2 Å². The van der Waals surface area contributed by atoms with Gasteiger partial charge in [0, 0.05) is 18.0 Å². The van der Waals surface area contributed by atoms with Crippen LogP contribution in [0.25, 0.3) is 0 Å². The van der Waals surface area contributed by atoms with E-state index >= 15 is 0 Å². The van der Waals surface area contributed by atoms with E-state index in [2.05, 4.69) is 15.9 Å². The summed E-state index contributed by atoms with van der Waals surface area (Å²) in [5, 5.41) is 0. The summed E-state index contributed by atoms with van der Waals surface area (Å²) in [5.74, 6) is -0.405. The van der Waals surface area contributed by atoms with Crippen LogP contribution in [0, 0.1) is 5.82 Å². The van der Waals surface area contributed by atoms with E-state index in [1.807, 2.05) is 0 Å². The number of halogens is 6. The highest BCUT2D eigenvalue weighted by atomic mass is 79.9. The van der Waals surface area contributed by atoms with Crippen LogP contribution >= 0.6 is 15.9 Å². The van der Waals surface area contributed by atoms with Gasteiger partial charge in [-0.1, -0.05) is 24.3 Å². The molecule has 1 saturated heterocycles. The predicted octanol–water partition coefficient (Wildman–Crippen LogP) is 7.77. The van der Waals surface area contributed by atoms with E-state index in [9.17, 15) is 26.7 Å². The van der Waals surface area contributed by atoms with Crippen LogP contribution in [0.15, 0.2) is 40.9 Å². The number of nitrogens with zero attached hydrogens (tertiary/aromatic N) is 1. The lowest BCUT2D eigenvalue weighted by Gasteiger charge is -2.44. The summed E-state index contributed by atoms with van der Waals surface area (Å²) in [7, 11) is 0. The maximum absolute atomic E-state index is 14.8. The standard InChI is InChI=1S/C27H29BrF5NO2/c1-24(2,3)36-23(35)34-12-11-26(15-16-5-9-21(29)20(28)13-16)19-8-7-18(25(4,30)27(31,32)33)14-17(19)6-10-22(26)34/h5,7-9,13-14,22H,6,10-12,15H2,1-4H3. The average Bonchev–Trinajstić information content (AvgIpc) is 3.13. The maximum Gasteiger partial charge on any atom is 0.426 e. The van der Waals surface area contributed by atoms with Gasteiger partial charge in [0.1, 0.15) is 11.4 Å².